The van der Waals surface area contributed by atoms with Crippen molar-refractivity contribution in [3.63, 3.8) is 0 Å². The number of ether oxygens (including phenoxy) is 1. The zero-order chi connectivity index (χ0) is 22.8. The monoisotopic (exact) mass is 436 g/mol. The summed E-state index contributed by atoms with van der Waals surface area (Å²) >= 11 is 0. The molecule has 0 unspecified atom stereocenters. The molecule has 2 aromatic heterocycles. The van der Waals surface area contributed by atoms with Crippen LogP contribution in [0.5, 0.6) is 5.88 Å². The fourth-order valence-corrected chi connectivity index (χ4v) is 3.79. The van der Waals surface area contributed by atoms with Crippen LogP contribution in [0.1, 0.15) is 21.5 Å². The van der Waals surface area contributed by atoms with E-state index in [2.05, 4.69) is 15.0 Å². The number of imidazole rings is 1. The van der Waals surface area contributed by atoms with Crippen LogP contribution in [-0.2, 0) is 4.74 Å². The van der Waals surface area contributed by atoms with Crippen molar-refractivity contribution in [3.05, 3.63) is 102 Å². The van der Waals surface area contributed by atoms with Gasteiger partial charge >= 0.3 is 5.97 Å². The molecule has 0 saturated carbocycles. The molecule has 3 N–H and O–H groups in total. The summed E-state index contributed by atoms with van der Waals surface area (Å²) < 4.78 is 4.81. The summed E-state index contributed by atoms with van der Waals surface area (Å²) in [6.07, 6.45) is 3.40. The molecule has 0 amide bonds. The van der Waals surface area contributed by atoms with Crippen molar-refractivity contribution in [2.45, 2.75) is 0 Å². The lowest BCUT2D eigenvalue weighted by Crippen LogP contribution is -2.03. The van der Waals surface area contributed by atoms with Crippen LogP contribution in [0.3, 0.4) is 0 Å². The second-order valence-electron chi connectivity index (χ2n) is 7.44. The molecule has 0 fully saturated rings. The molecule has 0 radical (unpaired) electrons. The number of rotatable bonds is 5. The normalized spacial score (nSPS) is 11.6. The Morgan fingerprint density at radius 1 is 1.00 bits per heavy atom. The molecule has 2 heterocycles. The second kappa shape index (κ2) is 8.47. The Kier molecular flexibility index (Phi) is 5.20. The van der Waals surface area contributed by atoms with Crippen molar-refractivity contribution in [3.8, 4) is 17.1 Å². The molecule has 0 aliphatic heterocycles. The van der Waals surface area contributed by atoms with Gasteiger partial charge in [0.25, 0.3) is 0 Å². The fraction of sp³-hybridized carbons (Fsp3) is 0.0385. The van der Waals surface area contributed by atoms with E-state index in [1.807, 2.05) is 54.6 Å². The lowest BCUT2D eigenvalue weighted by atomic mass is 10.00. The fourth-order valence-electron chi connectivity index (χ4n) is 3.79. The number of hydrogen-bond acceptors (Lipinski definition) is 5. The number of nitrogens with one attached hydrogen (secondary N) is 2. The molecule has 0 spiro atoms. The van der Waals surface area contributed by atoms with Crippen molar-refractivity contribution < 1.29 is 14.6 Å². The number of benzene rings is 3. The summed E-state index contributed by atoms with van der Waals surface area (Å²) in [6.45, 7) is 0. The summed E-state index contributed by atoms with van der Waals surface area (Å²) in [7, 11) is 1.34. The van der Waals surface area contributed by atoms with Crippen LogP contribution in [0.2, 0.25) is 0 Å². The Balaban J connectivity index is 1.64. The van der Waals surface area contributed by atoms with Gasteiger partial charge in [-0.2, -0.15) is 0 Å². The average molecular weight is 436 g/mol. The highest BCUT2D eigenvalue weighted by Gasteiger charge is 2.20. The van der Waals surface area contributed by atoms with Crippen LogP contribution in [0.15, 0.2) is 90.3 Å². The Labute approximate surface area is 189 Å². The quantitative estimate of drug-likeness (QED) is 0.260. The number of methoxy groups -OCH3 is 1. The maximum absolute atomic E-state index is 11.9. The highest BCUT2D eigenvalue weighted by Crippen LogP contribution is 2.32. The maximum Gasteiger partial charge on any atom is 0.337 e. The lowest BCUT2D eigenvalue weighted by Gasteiger charge is -2.08. The van der Waals surface area contributed by atoms with Gasteiger partial charge in [-0.15, -0.1) is 0 Å². The van der Waals surface area contributed by atoms with Gasteiger partial charge in [0.2, 0.25) is 0 Å². The summed E-state index contributed by atoms with van der Waals surface area (Å²) in [4.78, 5) is 26.9. The third-order valence-corrected chi connectivity index (χ3v) is 5.40. The number of aromatic nitrogens is 3. The van der Waals surface area contributed by atoms with E-state index in [9.17, 15) is 9.90 Å². The van der Waals surface area contributed by atoms with Crippen LogP contribution in [-0.4, -0.2) is 38.8 Å². The minimum Gasteiger partial charge on any atom is -0.494 e. The summed E-state index contributed by atoms with van der Waals surface area (Å²) in [5, 5.41) is 11.6. The number of aliphatic imine (C=N–C) groups is 1. The Morgan fingerprint density at radius 3 is 2.48 bits per heavy atom. The van der Waals surface area contributed by atoms with Crippen LogP contribution in [0, 0.1) is 0 Å². The third-order valence-electron chi connectivity index (χ3n) is 5.40. The number of aromatic hydroxyl groups is 1. The second-order valence-corrected chi connectivity index (χ2v) is 7.44. The van der Waals surface area contributed by atoms with Crippen molar-refractivity contribution in [2.24, 2.45) is 4.99 Å². The van der Waals surface area contributed by atoms with E-state index in [1.165, 1.54) is 7.11 Å². The van der Waals surface area contributed by atoms with Crippen LogP contribution >= 0.6 is 0 Å². The summed E-state index contributed by atoms with van der Waals surface area (Å²) in [5.41, 5.74) is 5.68. The third kappa shape index (κ3) is 3.87. The first-order valence-electron chi connectivity index (χ1n) is 10.3. The Bertz CT molecular complexity index is 1450. The zero-order valence-corrected chi connectivity index (χ0v) is 17.7. The average Bonchev–Trinajstić information content (AvgIpc) is 3.50. The van der Waals surface area contributed by atoms with E-state index in [1.54, 1.807) is 30.7 Å². The van der Waals surface area contributed by atoms with Crippen LogP contribution < -0.4 is 0 Å². The van der Waals surface area contributed by atoms with Gasteiger partial charge in [0.05, 0.1) is 47.9 Å². The number of carbonyl (C=O) groups excluding carboxylic acids is 1. The van der Waals surface area contributed by atoms with E-state index >= 15 is 0 Å². The van der Waals surface area contributed by atoms with Crippen molar-refractivity contribution in [2.75, 3.05) is 7.11 Å². The van der Waals surface area contributed by atoms with Gasteiger partial charge in [-0.1, -0.05) is 48.5 Å². The van der Waals surface area contributed by atoms with Crippen LogP contribution in [0.4, 0.5) is 5.69 Å². The van der Waals surface area contributed by atoms with E-state index in [4.69, 9.17) is 9.73 Å². The smallest absolute Gasteiger partial charge is 0.337 e. The Hall–Kier alpha value is -4.65. The first-order chi connectivity index (χ1) is 16.1. The van der Waals surface area contributed by atoms with E-state index in [0.717, 1.165) is 27.9 Å². The molecular formula is C26H20N4O3. The zero-order valence-electron chi connectivity index (χ0n) is 17.7. The molecule has 7 nitrogen and oxygen atoms in total. The topological polar surface area (TPSA) is 103 Å². The molecule has 7 heteroatoms. The molecular weight excluding hydrogens is 416 g/mol. The van der Waals surface area contributed by atoms with E-state index < -0.39 is 5.97 Å². The highest BCUT2D eigenvalue weighted by molar-refractivity contribution is 6.22. The van der Waals surface area contributed by atoms with E-state index in [0.29, 0.717) is 22.4 Å². The number of H-pyrrole nitrogens is 2. The number of esters is 1. The van der Waals surface area contributed by atoms with Crippen LogP contribution in [0.25, 0.3) is 22.2 Å². The predicted octanol–water partition coefficient (Wildman–Crippen LogP) is 5.22. The molecule has 33 heavy (non-hydrogen) atoms. The minimum absolute atomic E-state index is 0.0244. The molecule has 5 rings (SSSR count). The molecule has 0 aliphatic carbocycles. The van der Waals surface area contributed by atoms with Crippen molar-refractivity contribution in [1.82, 2.24) is 15.0 Å². The summed E-state index contributed by atoms with van der Waals surface area (Å²) in [5.74, 6) is -0.467. The van der Waals surface area contributed by atoms with Gasteiger partial charge in [-0.3, -0.25) is 0 Å². The Morgan fingerprint density at radius 2 is 1.79 bits per heavy atom. The number of aromatic amines is 2. The molecule has 162 valence electrons. The van der Waals surface area contributed by atoms with Gasteiger partial charge in [-0.25, -0.2) is 14.8 Å². The number of fused-ring (bicyclic) bond motifs is 1. The standard InChI is InChI=1S/C26H20N4O3/c1-33-26(32)18-9-12-20-21(13-18)30-25(31)23(20)24(17-5-3-2-4-6-17)29-19-10-7-16(8-11-19)22-14-27-15-28-22/h2-15,30-31H,1H3,(H,27,28). The van der Waals surface area contributed by atoms with Gasteiger partial charge in [-0.05, 0) is 29.8 Å². The first kappa shape index (κ1) is 20.3. The molecule has 0 bridgehead atoms. The molecule has 0 atom stereocenters. The van der Waals surface area contributed by atoms with Gasteiger partial charge < -0.3 is 19.8 Å². The number of hydrogen-bond donors (Lipinski definition) is 3. The van der Waals surface area contributed by atoms with Gasteiger partial charge in [0.15, 0.2) is 5.88 Å². The van der Waals surface area contributed by atoms with Gasteiger partial charge in [0, 0.05) is 16.5 Å². The molecule has 3 aromatic carbocycles. The number of nitrogens with zero attached hydrogens (tertiary/aromatic N) is 2. The predicted molar refractivity (Wildman–Crippen MR) is 127 cm³/mol. The SMILES string of the molecule is COC(=O)c1ccc2c(C(=Nc3ccc(-c4cnc[nH]4)cc3)c3ccccc3)c(O)[nH]c2c1. The first-order valence-corrected chi connectivity index (χ1v) is 10.3. The lowest BCUT2D eigenvalue weighted by molar-refractivity contribution is 0.0601. The minimum atomic E-state index is -0.443. The van der Waals surface area contributed by atoms with Gasteiger partial charge in [0.1, 0.15) is 0 Å². The number of carbonyl (C=O) groups is 1. The van der Waals surface area contributed by atoms with Crippen molar-refractivity contribution >= 4 is 28.3 Å². The molecule has 5 aromatic rings. The summed E-state index contributed by atoms with van der Waals surface area (Å²) in [6, 6.07) is 22.5. The molecule has 0 aliphatic rings. The largest absolute Gasteiger partial charge is 0.494 e. The maximum atomic E-state index is 11.9. The van der Waals surface area contributed by atoms with E-state index in [-0.39, 0.29) is 5.88 Å². The highest BCUT2D eigenvalue weighted by atomic mass is 16.5. The van der Waals surface area contributed by atoms with Crippen molar-refractivity contribution in [1.29, 1.82) is 0 Å². The molecule has 0 saturated heterocycles.